The van der Waals surface area contributed by atoms with Crippen LogP contribution >= 0.6 is 22.7 Å². The number of imidazole rings is 1. The Balaban J connectivity index is 1.68. The van der Waals surface area contributed by atoms with E-state index in [1.165, 1.54) is 0 Å². The highest BCUT2D eigenvalue weighted by Gasteiger charge is 2.19. The van der Waals surface area contributed by atoms with Crippen LogP contribution in [0.25, 0.3) is 32.2 Å². The van der Waals surface area contributed by atoms with Crippen LogP contribution in [0.1, 0.15) is 25.4 Å². The summed E-state index contributed by atoms with van der Waals surface area (Å²) < 4.78 is 6.55. The number of nitrogens with zero attached hydrogens (tertiary/aromatic N) is 4. The standard InChI is InChI=1S/C20H21N5O2S2/c1-4-25(5-2)20(26)27-9-16-23-17(18(24-16)19-22-12(3)10-28-19)13-6-7-14-15(8-13)29-11-21-14/h6-8,10-11H,4-5,9H2,1-3H3,(H,23,24). The average molecular weight is 428 g/mol. The zero-order valence-corrected chi connectivity index (χ0v) is 18.1. The predicted octanol–water partition coefficient (Wildman–Crippen LogP) is 5.10. The number of carbonyl (C=O) groups is 1. The highest BCUT2D eigenvalue weighted by atomic mass is 32.1. The summed E-state index contributed by atoms with van der Waals surface area (Å²) in [6, 6.07) is 6.11. The van der Waals surface area contributed by atoms with Crippen molar-refractivity contribution in [3.63, 3.8) is 0 Å². The summed E-state index contributed by atoms with van der Waals surface area (Å²) in [5.74, 6) is 0.591. The van der Waals surface area contributed by atoms with E-state index in [1.54, 1.807) is 27.6 Å². The molecule has 0 unspecified atom stereocenters. The lowest BCUT2D eigenvalue weighted by molar-refractivity contribution is 0.0978. The third kappa shape index (κ3) is 4.01. The second-order valence-corrected chi connectivity index (χ2v) is 8.21. The number of aryl methyl sites for hydroxylation is 1. The van der Waals surface area contributed by atoms with Crippen molar-refractivity contribution in [2.24, 2.45) is 0 Å². The van der Waals surface area contributed by atoms with E-state index in [0.29, 0.717) is 18.9 Å². The number of rotatable bonds is 6. The largest absolute Gasteiger partial charge is 0.441 e. The van der Waals surface area contributed by atoms with Crippen LogP contribution in [0.4, 0.5) is 4.79 Å². The van der Waals surface area contributed by atoms with Crippen molar-refractivity contribution in [2.75, 3.05) is 13.1 Å². The molecule has 0 atom stereocenters. The van der Waals surface area contributed by atoms with Crippen LogP contribution in [0.2, 0.25) is 0 Å². The number of hydrogen-bond acceptors (Lipinski definition) is 7. The second-order valence-electron chi connectivity index (χ2n) is 6.46. The molecule has 7 nitrogen and oxygen atoms in total. The van der Waals surface area contributed by atoms with Crippen molar-refractivity contribution in [2.45, 2.75) is 27.4 Å². The molecule has 3 aromatic heterocycles. The summed E-state index contributed by atoms with van der Waals surface area (Å²) in [6.45, 7) is 7.11. The van der Waals surface area contributed by atoms with Crippen molar-refractivity contribution >= 4 is 39.0 Å². The Kier molecular flexibility index (Phi) is 5.59. The first kappa shape index (κ1) is 19.5. The Bertz CT molecular complexity index is 1140. The molecular weight excluding hydrogens is 406 g/mol. The number of aromatic amines is 1. The molecule has 3 heterocycles. The fourth-order valence-electron chi connectivity index (χ4n) is 3.03. The highest BCUT2D eigenvalue weighted by Crippen LogP contribution is 2.34. The molecule has 0 bridgehead atoms. The van der Waals surface area contributed by atoms with Gasteiger partial charge in [-0.3, -0.25) is 0 Å². The van der Waals surface area contributed by atoms with E-state index in [4.69, 9.17) is 9.72 Å². The summed E-state index contributed by atoms with van der Waals surface area (Å²) in [4.78, 5) is 30.8. The number of amides is 1. The summed E-state index contributed by atoms with van der Waals surface area (Å²) in [5, 5.41) is 2.83. The molecule has 29 heavy (non-hydrogen) atoms. The Morgan fingerprint density at radius 3 is 2.76 bits per heavy atom. The smallest absolute Gasteiger partial charge is 0.410 e. The molecule has 0 saturated carbocycles. The van der Waals surface area contributed by atoms with Crippen LogP contribution < -0.4 is 0 Å². The van der Waals surface area contributed by atoms with Crippen molar-refractivity contribution < 1.29 is 9.53 Å². The van der Waals surface area contributed by atoms with Gasteiger partial charge in [0.2, 0.25) is 0 Å². The molecule has 9 heteroatoms. The molecule has 0 fully saturated rings. The lowest BCUT2D eigenvalue weighted by Crippen LogP contribution is -2.31. The molecule has 150 valence electrons. The maximum atomic E-state index is 12.2. The zero-order chi connectivity index (χ0) is 20.4. The van der Waals surface area contributed by atoms with Gasteiger partial charge in [-0.25, -0.2) is 19.7 Å². The van der Waals surface area contributed by atoms with Crippen LogP contribution in [0.3, 0.4) is 0 Å². The summed E-state index contributed by atoms with van der Waals surface area (Å²) >= 11 is 3.15. The summed E-state index contributed by atoms with van der Waals surface area (Å²) in [5.41, 5.74) is 6.39. The molecule has 1 amide bonds. The van der Waals surface area contributed by atoms with Crippen molar-refractivity contribution in [3.05, 3.63) is 40.6 Å². The molecule has 0 radical (unpaired) electrons. The molecule has 4 rings (SSSR count). The third-order valence-electron chi connectivity index (χ3n) is 4.55. The first-order valence-corrected chi connectivity index (χ1v) is 11.1. The van der Waals surface area contributed by atoms with Crippen molar-refractivity contribution in [1.29, 1.82) is 0 Å². The minimum atomic E-state index is -0.342. The number of ether oxygens (including phenoxy) is 1. The Morgan fingerprint density at radius 2 is 2.03 bits per heavy atom. The molecule has 4 aromatic rings. The van der Waals surface area contributed by atoms with Gasteiger partial charge in [0.15, 0.2) is 6.61 Å². The number of H-pyrrole nitrogens is 1. The molecule has 0 spiro atoms. The van der Waals surface area contributed by atoms with Crippen molar-refractivity contribution in [1.82, 2.24) is 24.8 Å². The minimum absolute atomic E-state index is 0.0789. The maximum absolute atomic E-state index is 12.2. The summed E-state index contributed by atoms with van der Waals surface area (Å²) in [6.07, 6.45) is -0.342. The van der Waals surface area contributed by atoms with Gasteiger partial charge in [-0.15, -0.1) is 22.7 Å². The molecule has 0 saturated heterocycles. The van der Waals surface area contributed by atoms with Crippen LogP contribution in [0.15, 0.2) is 29.1 Å². The van der Waals surface area contributed by atoms with E-state index < -0.39 is 0 Å². The number of hydrogen-bond donors (Lipinski definition) is 1. The van der Waals surface area contributed by atoms with Crippen molar-refractivity contribution in [3.8, 4) is 22.0 Å². The summed E-state index contributed by atoms with van der Waals surface area (Å²) in [7, 11) is 0. The van der Waals surface area contributed by atoms with Crippen LogP contribution in [-0.2, 0) is 11.3 Å². The van der Waals surface area contributed by atoms with E-state index in [1.807, 2.05) is 43.8 Å². The van der Waals surface area contributed by atoms with E-state index in [9.17, 15) is 4.79 Å². The molecule has 0 aliphatic rings. The number of fused-ring (bicyclic) bond motifs is 1. The van der Waals surface area contributed by atoms with Gasteiger partial charge in [0.05, 0.1) is 21.4 Å². The van der Waals surface area contributed by atoms with Gasteiger partial charge in [0.25, 0.3) is 0 Å². The number of nitrogens with one attached hydrogen (secondary N) is 1. The molecule has 0 aliphatic carbocycles. The Labute approximate surface area is 176 Å². The predicted molar refractivity (Wildman–Crippen MR) is 116 cm³/mol. The zero-order valence-electron chi connectivity index (χ0n) is 16.4. The number of carbonyl (C=O) groups excluding carboxylic acids is 1. The lowest BCUT2D eigenvalue weighted by Gasteiger charge is -2.17. The number of benzene rings is 1. The van der Waals surface area contributed by atoms with Gasteiger partial charge in [-0.1, -0.05) is 6.07 Å². The van der Waals surface area contributed by atoms with Gasteiger partial charge in [0.1, 0.15) is 16.5 Å². The highest BCUT2D eigenvalue weighted by molar-refractivity contribution is 7.16. The molecule has 0 aliphatic heterocycles. The van der Waals surface area contributed by atoms with Crippen LogP contribution in [-0.4, -0.2) is 44.0 Å². The van der Waals surface area contributed by atoms with Gasteiger partial charge in [-0.2, -0.15) is 0 Å². The monoisotopic (exact) mass is 427 g/mol. The van der Waals surface area contributed by atoms with E-state index in [2.05, 4.69) is 21.0 Å². The number of aromatic nitrogens is 4. The second kappa shape index (κ2) is 8.30. The van der Waals surface area contributed by atoms with Gasteiger partial charge in [0, 0.05) is 29.7 Å². The quantitative estimate of drug-likeness (QED) is 0.463. The fourth-order valence-corrected chi connectivity index (χ4v) is 4.54. The third-order valence-corrected chi connectivity index (χ3v) is 6.31. The van der Waals surface area contributed by atoms with E-state index >= 15 is 0 Å². The SMILES string of the molecule is CCN(CC)C(=O)OCc1nc(-c2nc(C)cs2)c(-c2ccc3ncsc3c2)[nH]1. The first-order valence-electron chi connectivity index (χ1n) is 9.35. The van der Waals surface area contributed by atoms with Crippen LogP contribution in [0.5, 0.6) is 0 Å². The number of thiazole rings is 2. The van der Waals surface area contributed by atoms with E-state index in [0.717, 1.165) is 37.9 Å². The lowest BCUT2D eigenvalue weighted by atomic mass is 10.1. The maximum Gasteiger partial charge on any atom is 0.410 e. The molecule has 1 aromatic carbocycles. The molecular formula is C20H21N5O2S2. The fraction of sp³-hybridized carbons (Fsp3) is 0.300. The average Bonchev–Trinajstić information content (AvgIpc) is 3.45. The normalized spacial score (nSPS) is 11.1. The van der Waals surface area contributed by atoms with Gasteiger partial charge in [-0.05, 0) is 32.9 Å². The van der Waals surface area contributed by atoms with E-state index in [-0.39, 0.29) is 12.7 Å². The van der Waals surface area contributed by atoms with Gasteiger partial charge < -0.3 is 14.6 Å². The Hall–Kier alpha value is -2.78. The Morgan fingerprint density at radius 1 is 1.21 bits per heavy atom. The van der Waals surface area contributed by atoms with Gasteiger partial charge >= 0.3 is 6.09 Å². The first-order chi connectivity index (χ1) is 14.1. The molecule has 1 N–H and O–H groups in total. The topological polar surface area (TPSA) is 84.0 Å². The minimum Gasteiger partial charge on any atom is -0.441 e. The van der Waals surface area contributed by atoms with Crippen LogP contribution in [0, 0.1) is 6.92 Å².